The molecule has 5 nitrogen and oxygen atoms in total. The van der Waals surface area contributed by atoms with E-state index in [1.165, 1.54) is 13.3 Å². The molecule has 12 heavy (non-hydrogen) atoms. The Morgan fingerprint density at radius 1 is 1.75 bits per heavy atom. The Bertz CT molecular complexity index is 298. The number of ether oxygens (including phenoxy) is 1. The molecule has 0 aliphatic heterocycles. The molecule has 1 aromatic heterocycles. The monoisotopic (exact) mass is 167 g/mol. The first-order valence-electron chi connectivity index (χ1n) is 3.26. The average molecular weight is 167 g/mol. The predicted molar refractivity (Wildman–Crippen MR) is 43.3 cm³/mol. The molecule has 5 heteroatoms. The van der Waals surface area contributed by atoms with Gasteiger partial charge in [0.05, 0.1) is 7.11 Å². The molecule has 0 aliphatic carbocycles. The average Bonchev–Trinajstić information content (AvgIpc) is 2.17. The number of hydrogen-bond acceptors (Lipinski definition) is 4. The van der Waals surface area contributed by atoms with Gasteiger partial charge in [-0.15, -0.1) is 0 Å². The molecule has 0 atom stereocenters. The number of nitrogens with zero attached hydrogens (tertiary/aromatic N) is 2. The standard InChI is InChI=1S/C7H9N3O2/c1-12-5-2-3-9-6(4-5)7(8)10-11/h2-4,11H,1H3,(H2,8,10). The van der Waals surface area contributed by atoms with Crippen molar-refractivity contribution in [3.8, 4) is 5.75 Å². The third kappa shape index (κ3) is 1.63. The smallest absolute Gasteiger partial charge is 0.188 e. The fraction of sp³-hybridized carbons (Fsp3) is 0.143. The highest BCUT2D eigenvalue weighted by Gasteiger charge is 2.01. The van der Waals surface area contributed by atoms with Gasteiger partial charge in [-0.3, -0.25) is 4.98 Å². The van der Waals surface area contributed by atoms with E-state index in [9.17, 15) is 0 Å². The van der Waals surface area contributed by atoms with Crippen molar-refractivity contribution in [2.75, 3.05) is 7.11 Å². The van der Waals surface area contributed by atoms with Crippen LogP contribution in [0.5, 0.6) is 5.75 Å². The van der Waals surface area contributed by atoms with Gasteiger partial charge in [-0.25, -0.2) is 0 Å². The second-order valence-corrected chi connectivity index (χ2v) is 2.07. The number of oxime groups is 1. The highest BCUT2D eigenvalue weighted by atomic mass is 16.5. The molecule has 0 aliphatic rings. The van der Waals surface area contributed by atoms with Crippen LogP contribution in [0.4, 0.5) is 0 Å². The Morgan fingerprint density at radius 2 is 2.50 bits per heavy atom. The highest BCUT2D eigenvalue weighted by molar-refractivity contribution is 5.95. The molecule has 1 aromatic rings. The van der Waals surface area contributed by atoms with Crippen LogP contribution in [0.2, 0.25) is 0 Å². The molecular weight excluding hydrogens is 158 g/mol. The summed E-state index contributed by atoms with van der Waals surface area (Å²) in [6.07, 6.45) is 1.52. The molecule has 0 fully saturated rings. The van der Waals surface area contributed by atoms with E-state index in [1.807, 2.05) is 0 Å². The van der Waals surface area contributed by atoms with Crippen LogP contribution in [0.25, 0.3) is 0 Å². The molecule has 1 heterocycles. The lowest BCUT2D eigenvalue weighted by Crippen LogP contribution is -2.14. The normalized spacial score (nSPS) is 11.2. The number of methoxy groups -OCH3 is 1. The van der Waals surface area contributed by atoms with Gasteiger partial charge in [-0.05, 0) is 6.07 Å². The zero-order valence-electron chi connectivity index (χ0n) is 6.56. The lowest BCUT2D eigenvalue weighted by molar-refractivity contribution is 0.318. The fourth-order valence-corrected chi connectivity index (χ4v) is 0.729. The lowest BCUT2D eigenvalue weighted by Gasteiger charge is -2.00. The summed E-state index contributed by atoms with van der Waals surface area (Å²) < 4.78 is 4.92. The molecule has 0 aromatic carbocycles. The first kappa shape index (κ1) is 8.32. The molecule has 64 valence electrons. The van der Waals surface area contributed by atoms with E-state index in [2.05, 4.69) is 10.1 Å². The van der Waals surface area contributed by atoms with Crippen LogP contribution in [-0.2, 0) is 0 Å². The van der Waals surface area contributed by atoms with Crippen LogP contribution in [0, 0.1) is 0 Å². The number of rotatable bonds is 2. The van der Waals surface area contributed by atoms with Gasteiger partial charge >= 0.3 is 0 Å². The second kappa shape index (κ2) is 3.56. The SMILES string of the molecule is COc1ccnc(C(N)=NO)c1. The first-order chi connectivity index (χ1) is 5.77. The molecule has 0 radical (unpaired) electrons. The molecule has 0 saturated carbocycles. The van der Waals surface area contributed by atoms with Gasteiger partial charge in [0, 0.05) is 12.3 Å². The Kier molecular flexibility index (Phi) is 2.47. The van der Waals surface area contributed by atoms with E-state index in [1.54, 1.807) is 12.1 Å². The van der Waals surface area contributed by atoms with E-state index in [0.29, 0.717) is 11.4 Å². The van der Waals surface area contributed by atoms with Crippen molar-refractivity contribution in [2.24, 2.45) is 10.9 Å². The minimum Gasteiger partial charge on any atom is -0.497 e. The summed E-state index contributed by atoms with van der Waals surface area (Å²) in [5.41, 5.74) is 5.69. The Hall–Kier alpha value is -1.78. The van der Waals surface area contributed by atoms with Gasteiger partial charge in [0.15, 0.2) is 5.84 Å². The third-order valence-electron chi connectivity index (χ3n) is 1.34. The summed E-state index contributed by atoms with van der Waals surface area (Å²) in [5.74, 6) is 0.584. The van der Waals surface area contributed by atoms with E-state index < -0.39 is 0 Å². The second-order valence-electron chi connectivity index (χ2n) is 2.07. The van der Waals surface area contributed by atoms with Gasteiger partial charge in [0.2, 0.25) is 0 Å². The lowest BCUT2D eigenvalue weighted by atomic mass is 10.3. The minimum absolute atomic E-state index is 0.0334. The molecule has 0 unspecified atom stereocenters. The summed E-state index contributed by atoms with van der Waals surface area (Å²) in [6.45, 7) is 0. The molecule has 1 rings (SSSR count). The van der Waals surface area contributed by atoms with Crippen LogP contribution in [0.1, 0.15) is 5.69 Å². The minimum atomic E-state index is -0.0334. The van der Waals surface area contributed by atoms with Crippen LogP contribution in [-0.4, -0.2) is 23.1 Å². The largest absolute Gasteiger partial charge is 0.497 e. The number of pyridine rings is 1. The summed E-state index contributed by atoms with van der Waals surface area (Å²) in [6, 6.07) is 3.25. The van der Waals surface area contributed by atoms with Crippen molar-refractivity contribution in [1.29, 1.82) is 0 Å². The maximum absolute atomic E-state index is 8.33. The van der Waals surface area contributed by atoms with Gasteiger partial charge in [0.1, 0.15) is 11.4 Å². The van der Waals surface area contributed by atoms with Crippen molar-refractivity contribution < 1.29 is 9.94 Å². The maximum atomic E-state index is 8.33. The molecule has 3 N–H and O–H groups in total. The number of aromatic nitrogens is 1. The van der Waals surface area contributed by atoms with Gasteiger partial charge in [0.25, 0.3) is 0 Å². The first-order valence-corrected chi connectivity index (χ1v) is 3.26. The van der Waals surface area contributed by atoms with Crippen LogP contribution in [0.15, 0.2) is 23.5 Å². The number of nitrogens with two attached hydrogens (primary N) is 1. The summed E-state index contributed by atoms with van der Waals surface area (Å²) in [7, 11) is 1.53. The number of amidine groups is 1. The van der Waals surface area contributed by atoms with Crippen LogP contribution < -0.4 is 10.5 Å². The highest BCUT2D eigenvalue weighted by Crippen LogP contribution is 2.09. The van der Waals surface area contributed by atoms with Crippen molar-refractivity contribution >= 4 is 5.84 Å². The molecule has 0 bridgehead atoms. The van der Waals surface area contributed by atoms with Crippen molar-refractivity contribution in [1.82, 2.24) is 4.98 Å². The molecular formula is C7H9N3O2. The zero-order valence-corrected chi connectivity index (χ0v) is 6.56. The van der Waals surface area contributed by atoms with Crippen molar-refractivity contribution in [3.05, 3.63) is 24.0 Å². The summed E-state index contributed by atoms with van der Waals surface area (Å²) >= 11 is 0. The third-order valence-corrected chi connectivity index (χ3v) is 1.34. The summed E-state index contributed by atoms with van der Waals surface area (Å²) in [4.78, 5) is 3.86. The Labute approximate surface area is 69.5 Å². The van der Waals surface area contributed by atoms with Crippen molar-refractivity contribution in [2.45, 2.75) is 0 Å². The molecule has 0 spiro atoms. The molecule has 0 amide bonds. The summed E-state index contributed by atoms with van der Waals surface area (Å²) in [5, 5.41) is 11.1. The Morgan fingerprint density at radius 3 is 3.08 bits per heavy atom. The van der Waals surface area contributed by atoms with E-state index in [4.69, 9.17) is 15.7 Å². The number of hydrogen-bond donors (Lipinski definition) is 2. The van der Waals surface area contributed by atoms with E-state index >= 15 is 0 Å². The fourth-order valence-electron chi connectivity index (χ4n) is 0.729. The van der Waals surface area contributed by atoms with Gasteiger partial charge < -0.3 is 15.7 Å². The Balaban J connectivity index is 3.02. The van der Waals surface area contributed by atoms with E-state index in [0.717, 1.165) is 0 Å². The van der Waals surface area contributed by atoms with Gasteiger partial charge in [-0.1, -0.05) is 5.16 Å². The van der Waals surface area contributed by atoms with Crippen LogP contribution in [0.3, 0.4) is 0 Å². The molecule has 0 saturated heterocycles. The topological polar surface area (TPSA) is 80.7 Å². The predicted octanol–water partition coefficient (Wildman–Crippen LogP) is 0.185. The van der Waals surface area contributed by atoms with Gasteiger partial charge in [-0.2, -0.15) is 0 Å². The maximum Gasteiger partial charge on any atom is 0.188 e. The van der Waals surface area contributed by atoms with E-state index in [-0.39, 0.29) is 5.84 Å². The van der Waals surface area contributed by atoms with Crippen molar-refractivity contribution in [3.63, 3.8) is 0 Å². The quantitative estimate of drug-likeness (QED) is 0.285. The zero-order chi connectivity index (χ0) is 8.97. The van der Waals surface area contributed by atoms with Crippen LogP contribution >= 0.6 is 0 Å².